The number of benzene rings is 3. The van der Waals surface area contributed by atoms with Crippen molar-refractivity contribution in [1.29, 1.82) is 0 Å². The van der Waals surface area contributed by atoms with E-state index in [1.54, 1.807) is 45.2 Å². The summed E-state index contributed by atoms with van der Waals surface area (Å²) >= 11 is 0. The van der Waals surface area contributed by atoms with Gasteiger partial charge in [-0.05, 0) is 146 Å². The summed E-state index contributed by atoms with van der Waals surface area (Å²) in [5.74, 6) is -0.778. The number of rotatable bonds is 15. The Morgan fingerprint density at radius 2 is 1.64 bits per heavy atom. The minimum absolute atomic E-state index is 0.130. The number of nitrogens with one attached hydrogen (secondary N) is 4. The summed E-state index contributed by atoms with van der Waals surface area (Å²) in [4.78, 5) is 51.6. The molecule has 1 aromatic heterocycles. The average Bonchev–Trinajstić information content (AvgIpc) is 3.80. The molecule has 0 bridgehead atoms. The van der Waals surface area contributed by atoms with Crippen molar-refractivity contribution in [3.63, 3.8) is 0 Å². The van der Waals surface area contributed by atoms with Crippen LogP contribution < -0.4 is 25.6 Å². The number of anilines is 6. The predicted molar refractivity (Wildman–Crippen MR) is 245 cm³/mol. The molecule has 3 aromatic carbocycles. The van der Waals surface area contributed by atoms with Gasteiger partial charge in [0.05, 0.1) is 21.6 Å². The van der Waals surface area contributed by atoms with Gasteiger partial charge < -0.3 is 31.3 Å². The van der Waals surface area contributed by atoms with Crippen molar-refractivity contribution >= 4 is 62.3 Å². The van der Waals surface area contributed by atoms with E-state index in [0.29, 0.717) is 65.2 Å². The second kappa shape index (κ2) is 18.4. The molecule has 340 valence electrons. The van der Waals surface area contributed by atoms with E-state index < -0.39 is 44.8 Å². The number of hydrogen-bond donors (Lipinski definition) is 5. The summed E-state index contributed by atoms with van der Waals surface area (Å²) in [6.07, 6.45) is 7.59. The summed E-state index contributed by atoms with van der Waals surface area (Å²) in [6.45, 7) is 10.8. The van der Waals surface area contributed by atoms with Crippen molar-refractivity contribution < 1.29 is 32.3 Å². The van der Waals surface area contributed by atoms with E-state index >= 15 is 4.39 Å². The minimum atomic E-state index is -3.55. The molecular formula is C47H58FN9O6S. The zero-order chi connectivity index (χ0) is 45.3. The van der Waals surface area contributed by atoms with Gasteiger partial charge in [0.25, 0.3) is 11.8 Å². The molecule has 4 aliphatic heterocycles. The van der Waals surface area contributed by atoms with Crippen molar-refractivity contribution in [1.82, 2.24) is 25.1 Å². The molecule has 4 aliphatic rings. The number of fused-ring (bicyclic) bond motifs is 2. The summed E-state index contributed by atoms with van der Waals surface area (Å²) in [5, 5.41) is 22.0. The van der Waals surface area contributed by atoms with Crippen LogP contribution in [0.1, 0.15) is 115 Å². The maximum absolute atomic E-state index is 15.6. The lowest BCUT2D eigenvalue weighted by Crippen LogP contribution is -2.55. The molecule has 15 nitrogen and oxygen atoms in total. The molecule has 2 saturated heterocycles. The lowest BCUT2D eigenvalue weighted by atomic mass is 9.89. The lowest BCUT2D eigenvalue weighted by Gasteiger charge is -2.32. The average molecular weight is 896 g/mol. The molecule has 64 heavy (non-hydrogen) atoms. The number of piperidine rings is 2. The summed E-state index contributed by atoms with van der Waals surface area (Å²) < 4.78 is 42.8. The number of likely N-dealkylation sites (tertiary alicyclic amines) is 1. The van der Waals surface area contributed by atoms with Crippen LogP contribution in [0.3, 0.4) is 0 Å². The van der Waals surface area contributed by atoms with Crippen LogP contribution in [0.15, 0.2) is 60.8 Å². The third-order valence-corrected chi connectivity index (χ3v) is 15.3. The largest absolute Gasteiger partial charge is 0.384 e. The molecule has 5 heterocycles. The topological polar surface area (TPSA) is 189 Å². The number of sulfonamides is 1. The fraction of sp³-hybridized carbons (Fsp3) is 0.468. The lowest BCUT2D eigenvalue weighted by molar-refractivity contribution is -0.131. The predicted octanol–water partition coefficient (Wildman–Crippen LogP) is 6.95. The van der Waals surface area contributed by atoms with E-state index in [-0.39, 0.29) is 30.1 Å². The molecule has 0 aliphatic carbocycles. The Hall–Kier alpha value is -5.65. The SMILES string of the molecule is Cc1cnc(Nc2ccc(C3CCN(CCCCCCNc4cccc5c4C(=O)N(C4CCC(O)NC4=O)C5=O)CC3)c(F)c2)nc1Nc1ccc2c(c1)N(S(=O)(=O)C(C)(C)C)CC2. The van der Waals surface area contributed by atoms with Crippen molar-refractivity contribution in [3.05, 3.63) is 94.4 Å². The Kier molecular flexibility index (Phi) is 13.0. The monoisotopic (exact) mass is 895 g/mol. The molecule has 17 heteroatoms. The molecule has 5 N–H and O–H groups in total. The summed E-state index contributed by atoms with van der Waals surface area (Å²) in [6, 6.07) is 15.1. The van der Waals surface area contributed by atoms with Crippen LogP contribution in [0.5, 0.6) is 0 Å². The Morgan fingerprint density at radius 1 is 0.891 bits per heavy atom. The van der Waals surface area contributed by atoms with Crippen LogP contribution in [0.2, 0.25) is 0 Å². The number of aromatic nitrogens is 2. The van der Waals surface area contributed by atoms with Gasteiger partial charge in [-0.15, -0.1) is 0 Å². The number of halogens is 1. The van der Waals surface area contributed by atoms with Gasteiger partial charge in [-0.3, -0.25) is 23.6 Å². The smallest absolute Gasteiger partial charge is 0.264 e. The Bertz CT molecular complexity index is 2540. The van der Waals surface area contributed by atoms with Crippen LogP contribution in [0.4, 0.5) is 38.9 Å². The third kappa shape index (κ3) is 9.29. The van der Waals surface area contributed by atoms with Gasteiger partial charge in [-0.1, -0.05) is 31.0 Å². The molecular weight excluding hydrogens is 838 g/mol. The number of unbranched alkanes of at least 4 members (excludes halogenated alkanes) is 3. The van der Waals surface area contributed by atoms with Gasteiger partial charge in [-0.25, -0.2) is 17.8 Å². The highest BCUT2D eigenvalue weighted by Gasteiger charge is 2.45. The first-order valence-electron chi connectivity index (χ1n) is 22.4. The Labute approximate surface area is 374 Å². The van der Waals surface area contributed by atoms with Gasteiger partial charge in [0.2, 0.25) is 21.9 Å². The second-order valence-corrected chi connectivity index (χ2v) is 20.9. The first-order chi connectivity index (χ1) is 30.6. The quantitative estimate of drug-likeness (QED) is 0.0612. The molecule has 0 saturated carbocycles. The van der Waals surface area contributed by atoms with Gasteiger partial charge in [-0.2, -0.15) is 4.98 Å². The number of hydrogen-bond acceptors (Lipinski definition) is 12. The fourth-order valence-corrected chi connectivity index (χ4v) is 10.5. The number of nitrogens with zero attached hydrogens (tertiary/aromatic N) is 5. The maximum Gasteiger partial charge on any atom is 0.264 e. The first-order valence-corrected chi connectivity index (χ1v) is 23.8. The summed E-state index contributed by atoms with van der Waals surface area (Å²) in [5.41, 5.74) is 5.56. The van der Waals surface area contributed by atoms with E-state index in [4.69, 9.17) is 0 Å². The number of carbonyl (C=O) groups is 3. The molecule has 2 atom stereocenters. The zero-order valence-corrected chi connectivity index (χ0v) is 37.7. The Morgan fingerprint density at radius 3 is 2.39 bits per heavy atom. The van der Waals surface area contributed by atoms with E-state index in [2.05, 4.69) is 36.1 Å². The molecule has 2 unspecified atom stereocenters. The zero-order valence-electron chi connectivity index (χ0n) is 36.9. The van der Waals surface area contributed by atoms with Crippen LogP contribution in [-0.4, -0.2) is 101 Å². The van der Waals surface area contributed by atoms with Crippen molar-refractivity contribution in [2.24, 2.45) is 0 Å². The van der Waals surface area contributed by atoms with Gasteiger partial charge >= 0.3 is 0 Å². The number of aliphatic hydroxyl groups is 1. The fourth-order valence-electron chi connectivity index (χ4n) is 9.10. The number of aliphatic hydroxyl groups excluding tert-OH is 1. The summed E-state index contributed by atoms with van der Waals surface area (Å²) in [7, 11) is -3.55. The Balaban J connectivity index is 0.768. The molecule has 3 amide bonds. The van der Waals surface area contributed by atoms with Crippen LogP contribution in [-0.2, 0) is 21.2 Å². The van der Waals surface area contributed by atoms with E-state index in [1.807, 2.05) is 37.3 Å². The van der Waals surface area contributed by atoms with E-state index in [0.717, 1.165) is 74.2 Å². The number of amides is 3. The van der Waals surface area contributed by atoms with Gasteiger partial charge in [0.1, 0.15) is 23.9 Å². The number of aryl methyl sites for hydroxylation is 1. The van der Waals surface area contributed by atoms with E-state index in [1.165, 1.54) is 10.4 Å². The van der Waals surface area contributed by atoms with Crippen molar-refractivity contribution in [2.75, 3.05) is 53.0 Å². The first kappa shape index (κ1) is 44.9. The van der Waals surface area contributed by atoms with E-state index in [9.17, 15) is 27.9 Å². The second-order valence-electron chi connectivity index (χ2n) is 18.3. The van der Waals surface area contributed by atoms with Gasteiger partial charge in [0.15, 0.2) is 0 Å². The number of imide groups is 1. The van der Waals surface area contributed by atoms with Crippen molar-refractivity contribution in [2.45, 2.75) is 108 Å². The normalized spacial score (nSPS) is 19.4. The minimum Gasteiger partial charge on any atom is -0.384 e. The molecule has 8 rings (SSSR count). The highest BCUT2D eigenvalue weighted by Crippen LogP contribution is 2.38. The van der Waals surface area contributed by atoms with Crippen LogP contribution >= 0.6 is 0 Å². The molecule has 4 aromatic rings. The molecule has 0 spiro atoms. The van der Waals surface area contributed by atoms with Crippen molar-refractivity contribution in [3.8, 4) is 0 Å². The maximum atomic E-state index is 15.6. The third-order valence-electron chi connectivity index (χ3n) is 12.8. The van der Waals surface area contributed by atoms with Crippen LogP contribution in [0.25, 0.3) is 0 Å². The van der Waals surface area contributed by atoms with Gasteiger partial charge in [0, 0.05) is 41.9 Å². The highest BCUT2D eigenvalue weighted by molar-refractivity contribution is 7.94. The molecule has 2 fully saturated rings. The molecule has 0 radical (unpaired) electrons. The highest BCUT2D eigenvalue weighted by atomic mass is 32.2. The standard InChI is InChI=1S/C47H58FN9O6S/c1-29-28-50-46(54-42(29)51-33-13-12-31-20-25-56(39(31)27-33)64(62,63)47(2,3)4)52-32-14-15-34(36(48)26-32)30-18-23-55(24-19-30)22-8-6-5-7-21-49-37-11-9-10-35-41(37)45(61)57(44(35)60)38-16-17-40(58)53-43(38)59/h9-15,26-28,30,38,40,49,58H,5-8,16-25H2,1-4H3,(H,53,59)(H2,50,51,52,54). The number of carbonyl (C=O) groups excluding carboxylic acids is 3. The van der Waals surface area contributed by atoms with Crippen LogP contribution in [0, 0.1) is 12.7 Å².